The average molecular weight is 432 g/mol. The molecule has 1 unspecified atom stereocenters. The molecule has 31 heavy (non-hydrogen) atoms. The zero-order valence-electron chi connectivity index (χ0n) is 17.4. The molecular weight excluding hydrogens is 410 g/mol. The van der Waals surface area contributed by atoms with Gasteiger partial charge in [-0.1, -0.05) is 24.3 Å². The van der Waals surface area contributed by atoms with Crippen LogP contribution in [0.25, 0.3) is 11.0 Å². The number of H-pyrrole nitrogens is 1. The van der Waals surface area contributed by atoms with Crippen molar-refractivity contribution in [2.24, 2.45) is 4.99 Å². The Balaban J connectivity index is 1.70. The number of imidazole rings is 1. The number of thioether (sulfide) groups is 1. The summed E-state index contributed by atoms with van der Waals surface area (Å²) in [5.41, 5.74) is 4.63. The predicted octanol–water partition coefficient (Wildman–Crippen LogP) is 5.56. The second-order valence-corrected chi connectivity index (χ2v) is 8.16. The average Bonchev–Trinajstić information content (AvgIpc) is 3.26. The Morgan fingerprint density at radius 1 is 0.871 bits per heavy atom. The van der Waals surface area contributed by atoms with Gasteiger partial charge in [0.25, 0.3) is 0 Å². The van der Waals surface area contributed by atoms with Crippen molar-refractivity contribution in [1.82, 2.24) is 9.97 Å². The Kier molecular flexibility index (Phi) is 5.03. The SMILES string of the molecule is COc1cc(C2=Nc3ccccc3SC2c2nc3ccccc3[nH]2)cc(OC)c1OC. The minimum Gasteiger partial charge on any atom is -0.493 e. The van der Waals surface area contributed by atoms with Crippen LogP contribution in [0.5, 0.6) is 17.2 Å². The van der Waals surface area contributed by atoms with Crippen LogP contribution < -0.4 is 14.2 Å². The van der Waals surface area contributed by atoms with Crippen LogP contribution in [-0.4, -0.2) is 37.0 Å². The molecule has 0 radical (unpaired) electrons. The molecule has 5 rings (SSSR count). The third kappa shape index (κ3) is 3.41. The first-order chi connectivity index (χ1) is 15.2. The smallest absolute Gasteiger partial charge is 0.203 e. The highest BCUT2D eigenvalue weighted by atomic mass is 32.2. The number of rotatable bonds is 5. The third-order valence-corrected chi connectivity index (χ3v) is 6.50. The van der Waals surface area contributed by atoms with E-state index in [4.69, 9.17) is 24.2 Å². The maximum absolute atomic E-state index is 5.58. The number of nitrogens with zero attached hydrogens (tertiary/aromatic N) is 2. The summed E-state index contributed by atoms with van der Waals surface area (Å²) in [7, 11) is 4.83. The Bertz CT molecular complexity index is 1240. The molecule has 3 aromatic carbocycles. The van der Waals surface area contributed by atoms with E-state index in [1.807, 2.05) is 54.6 Å². The lowest BCUT2D eigenvalue weighted by Crippen LogP contribution is -2.16. The van der Waals surface area contributed by atoms with Gasteiger partial charge >= 0.3 is 0 Å². The number of benzene rings is 3. The van der Waals surface area contributed by atoms with Gasteiger partial charge in [-0.3, -0.25) is 0 Å². The lowest BCUT2D eigenvalue weighted by molar-refractivity contribution is 0.324. The van der Waals surface area contributed by atoms with Crippen LogP contribution in [-0.2, 0) is 0 Å². The first-order valence-corrected chi connectivity index (χ1v) is 10.7. The second-order valence-electron chi connectivity index (χ2n) is 7.02. The summed E-state index contributed by atoms with van der Waals surface area (Å²) >= 11 is 1.73. The van der Waals surface area contributed by atoms with Crippen LogP contribution >= 0.6 is 11.8 Å². The zero-order chi connectivity index (χ0) is 21.4. The maximum atomic E-state index is 5.58. The standard InChI is InChI=1S/C24H21N3O3S/c1-28-18-12-14(13-19(29-2)22(18)30-3)21-23(31-20-11-7-6-10-17(20)25-21)24-26-15-8-4-5-9-16(15)27-24/h4-13,23H,1-3H3,(H,26,27). The molecule has 6 nitrogen and oxygen atoms in total. The van der Waals surface area contributed by atoms with E-state index in [1.54, 1.807) is 33.1 Å². The fraction of sp³-hybridized carbons (Fsp3) is 0.167. The summed E-state index contributed by atoms with van der Waals surface area (Å²) in [5.74, 6) is 2.59. The quantitative estimate of drug-likeness (QED) is 0.448. The van der Waals surface area contributed by atoms with E-state index in [9.17, 15) is 0 Å². The number of hydrogen-bond donors (Lipinski definition) is 1. The van der Waals surface area contributed by atoms with Gasteiger partial charge in [0.2, 0.25) is 5.75 Å². The molecule has 0 aliphatic carbocycles. The van der Waals surface area contributed by atoms with E-state index in [-0.39, 0.29) is 5.25 Å². The van der Waals surface area contributed by atoms with Crippen molar-refractivity contribution in [3.63, 3.8) is 0 Å². The fourth-order valence-corrected chi connectivity index (χ4v) is 4.92. The topological polar surface area (TPSA) is 68.7 Å². The summed E-state index contributed by atoms with van der Waals surface area (Å²) in [5, 5.41) is -0.120. The second kappa shape index (κ2) is 8.00. The normalized spacial score (nSPS) is 15.3. The minimum atomic E-state index is -0.120. The van der Waals surface area contributed by atoms with Crippen molar-refractivity contribution >= 4 is 34.2 Å². The molecule has 0 saturated carbocycles. The third-order valence-electron chi connectivity index (χ3n) is 5.22. The van der Waals surface area contributed by atoms with E-state index in [0.29, 0.717) is 17.2 Å². The van der Waals surface area contributed by atoms with E-state index in [2.05, 4.69) is 11.1 Å². The van der Waals surface area contributed by atoms with Crippen LogP contribution in [0.2, 0.25) is 0 Å². The van der Waals surface area contributed by atoms with Crippen LogP contribution in [0.3, 0.4) is 0 Å². The molecule has 0 saturated heterocycles. The molecule has 1 aliphatic heterocycles. The van der Waals surface area contributed by atoms with Crippen LogP contribution in [0, 0.1) is 0 Å². The number of aliphatic imine (C=N–C) groups is 1. The van der Waals surface area contributed by atoms with E-state index in [1.165, 1.54) is 0 Å². The monoisotopic (exact) mass is 431 g/mol. The molecule has 7 heteroatoms. The highest BCUT2D eigenvalue weighted by molar-refractivity contribution is 8.00. The van der Waals surface area contributed by atoms with Crippen molar-refractivity contribution in [1.29, 1.82) is 0 Å². The van der Waals surface area contributed by atoms with Crippen LogP contribution in [0.15, 0.2) is 70.6 Å². The molecule has 0 spiro atoms. The summed E-state index contributed by atoms with van der Waals surface area (Å²) in [6.07, 6.45) is 0. The largest absolute Gasteiger partial charge is 0.493 e. The van der Waals surface area contributed by atoms with Crippen molar-refractivity contribution in [2.45, 2.75) is 10.1 Å². The molecule has 4 aromatic rings. The summed E-state index contributed by atoms with van der Waals surface area (Å²) in [6.45, 7) is 0. The summed E-state index contributed by atoms with van der Waals surface area (Å²) < 4.78 is 16.7. The number of aromatic nitrogens is 2. The first kappa shape index (κ1) is 19.5. The van der Waals surface area contributed by atoms with Gasteiger partial charge in [0.1, 0.15) is 11.1 Å². The van der Waals surface area contributed by atoms with E-state index in [0.717, 1.165) is 38.7 Å². The van der Waals surface area contributed by atoms with Gasteiger partial charge in [-0.2, -0.15) is 0 Å². The van der Waals surface area contributed by atoms with Crippen molar-refractivity contribution < 1.29 is 14.2 Å². The van der Waals surface area contributed by atoms with Gasteiger partial charge in [-0.15, -0.1) is 11.8 Å². The van der Waals surface area contributed by atoms with Crippen LogP contribution in [0.1, 0.15) is 16.6 Å². The predicted molar refractivity (Wildman–Crippen MR) is 123 cm³/mol. The Morgan fingerprint density at radius 3 is 2.29 bits per heavy atom. The van der Waals surface area contributed by atoms with Crippen molar-refractivity contribution in [3.05, 3.63) is 72.1 Å². The Morgan fingerprint density at radius 2 is 1.58 bits per heavy atom. The van der Waals surface area contributed by atoms with Gasteiger partial charge < -0.3 is 19.2 Å². The first-order valence-electron chi connectivity index (χ1n) is 9.81. The molecule has 1 aliphatic rings. The minimum absolute atomic E-state index is 0.120. The van der Waals surface area contributed by atoms with E-state index >= 15 is 0 Å². The molecule has 0 fully saturated rings. The van der Waals surface area contributed by atoms with Gasteiger partial charge in [0.05, 0.1) is 43.8 Å². The maximum Gasteiger partial charge on any atom is 0.203 e. The molecule has 1 aromatic heterocycles. The van der Waals surface area contributed by atoms with E-state index < -0.39 is 0 Å². The molecular formula is C24H21N3O3S. The van der Waals surface area contributed by atoms with Crippen molar-refractivity contribution in [3.8, 4) is 17.2 Å². The summed E-state index contributed by atoms with van der Waals surface area (Å²) in [4.78, 5) is 14.5. The number of methoxy groups -OCH3 is 3. The Hall–Kier alpha value is -3.45. The highest BCUT2D eigenvalue weighted by Crippen LogP contribution is 2.48. The molecule has 156 valence electrons. The van der Waals surface area contributed by atoms with Gasteiger partial charge in [-0.05, 0) is 36.4 Å². The van der Waals surface area contributed by atoms with Crippen molar-refractivity contribution in [2.75, 3.05) is 21.3 Å². The zero-order valence-corrected chi connectivity index (χ0v) is 18.2. The lowest BCUT2D eigenvalue weighted by Gasteiger charge is -2.24. The number of nitrogens with one attached hydrogen (secondary N) is 1. The number of para-hydroxylation sites is 3. The molecule has 0 bridgehead atoms. The van der Waals surface area contributed by atoms with Gasteiger partial charge in [-0.25, -0.2) is 9.98 Å². The number of aromatic amines is 1. The molecule has 1 N–H and O–H groups in total. The fourth-order valence-electron chi connectivity index (χ4n) is 3.75. The number of ether oxygens (including phenoxy) is 3. The highest BCUT2D eigenvalue weighted by Gasteiger charge is 2.30. The number of fused-ring (bicyclic) bond motifs is 2. The molecule has 1 atom stereocenters. The summed E-state index contributed by atoms with van der Waals surface area (Å²) in [6, 6.07) is 20.0. The molecule has 0 amide bonds. The van der Waals surface area contributed by atoms with Gasteiger partial charge in [0, 0.05) is 10.5 Å². The molecule has 2 heterocycles. The Labute approximate surface area is 184 Å². The van der Waals surface area contributed by atoms with Gasteiger partial charge in [0.15, 0.2) is 11.5 Å². The lowest BCUT2D eigenvalue weighted by atomic mass is 10.0. The van der Waals surface area contributed by atoms with Crippen LogP contribution in [0.4, 0.5) is 5.69 Å². The number of hydrogen-bond acceptors (Lipinski definition) is 6.